The lowest BCUT2D eigenvalue weighted by Gasteiger charge is -2.21. The van der Waals surface area contributed by atoms with Crippen LogP contribution >= 0.6 is 23.2 Å². The van der Waals surface area contributed by atoms with Crippen molar-refractivity contribution < 1.29 is 0 Å². The molecule has 4 heteroatoms. The standard InChI is InChI=1S/C11H14Cl2N2/c1-10(2)5-11(3,4)7-6(10)14-8(12)9(13)15-7/h5H2,1-4H3. The molecule has 0 aliphatic heterocycles. The number of hydrogen-bond donors (Lipinski definition) is 0. The van der Waals surface area contributed by atoms with Crippen molar-refractivity contribution in [2.75, 3.05) is 0 Å². The van der Waals surface area contributed by atoms with Crippen molar-refractivity contribution in [2.24, 2.45) is 0 Å². The fourth-order valence-electron chi connectivity index (χ4n) is 2.61. The zero-order valence-corrected chi connectivity index (χ0v) is 10.9. The van der Waals surface area contributed by atoms with Gasteiger partial charge in [-0.1, -0.05) is 50.9 Å². The lowest BCUT2D eigenvalue weighted by atomic mass is 9.83. The second-order valence-corrected chi connectivity index (χ2v) is 6.16. The van der Waals surface area contributed by atoms with Crippen molar-refractivity contribution in [3.8, 4) is 0 Å². The van der Waals surface area contributed by atoms with E-state index < -0.39 is 0 Å². The Bertz CT molecular complexity index is 386. The predicted octanol–water partition coefficient (Wildman–Crippen LogP) is 3.74. The third kappa shape index (κ3) is 1.64. The summed E-state index contributed by atoms with van der Waals surface area (Å²) >= 11 is 11.8. The zero-order chi connectivity index (χ0) is 11.4. The first-order valence-corrected chi connectivity index (χ1v) is 5.74. The lowest BCUT2D eigenvalue weighted by Crippen LogP contribution is -2.18. The van der Waals surface area contributed by atoms with Crippen LogP contribution in [0.4, 0.5) is 0 Å². The molecule has 0 fully saturated rings. The number of hydrogen-bond acceptors (Lipinski definition) is 2. The molecule has 0 atom stereocenters. The van der Waals surface area contributed by atoms with Gasteiger partial charge in [0.05, 0.1) is 11.4 Å². The molecule has 1 aromatic rings. The molecule has 2 nitrogen and oxygen atoms in total. The molecule has 1 aromatic heterocycles. The van der Waals surface area contributed by atoms with Crippen LogP contribution in [0.2, 0.25) is 10.3 Å². The average Bonchev–Trinajstić information content (AvgIpc) is 2.21. The fraction of sp³-hybridized carbons (Fsp3) is 0.636. The molecule has 1 aliphatic carbocycles. The van der Waals surface area contributed by atoms with Gasteiger partial charge in [0.25, 0.3) is 0 Å². The summed E-state index contributed by atoms with van der Waals surface area (Å²) in [6.45, 7) is 8.66. The SMILES string of the molecule is CC1(C)CC(C)(C)c2nc(Cl)c(Cl)nc21. The maximum Gasteiger partial charge on any atom is 0.166 e. The van der Waals surface area contributed by atoms with Gasteiger partial charge in [-0.3, -0.25) is 0 Å². The Balaban J connectivity index is 2.71. The van der Waals surface area contributed by atoms with Crippen LogP contribution in [-0.4, -0.2) is 9.97 Å². The minimum atomic E-state index is 0.0278. The normalized spacial score (nSPS) is 21.5. The molecule has 0 saturated carbocycles. The van der Waals surface area contributed by atoms with E-state index >= 15 is 0 Å². The van der Waals surface area contributed by atoms with Gasteiger partial charge in [-0.25, -0.2) is 9.97 Å². The summed E-state index contributed by atoms with van der Waals surface area (Å²) in [6, 6.07) is 0. The van der Waals surface area contributed by atoms with Crippen LogP contribution in [-0.2, 0) is 10.8 Å². The van der Waals surface area contributed by atoms with Gasteiger partial charge in [0.15, 0.2) is 10.3 Å². The molecule has 0 unspecified atom stereocenters. The van der Waals surface area contributed by atoms with Crippen LogP contribution in [0.25, 0.3) is 0 Å². The Morgan fingerprint density at radius 1 is 0.867 bits per heavy atom. The number of fused-ring (bicyclic) bond motifs is 1. The summed E-state index contributed by atoms with van der Waals surface area (Å²) in [4.78, 5) is 8.75. The fourth-order valence-corrected chi connectivity index (χ4v) is 2.86. The summed E-state index contributed by atoms with van der Waals surface area (Å²) in [7, 11) is 0. The molecule has 1 aliphatic rings. The highest BCUT2D eigenvalue weighted by Crippen LogP contribution is 2.48. The van der Waals surface area contributed by atoms with Gasteiger partial charge in [-0.2, -0.15) is 0 Å². The van der Waals surface area contributed by atoms with Gasteiger partial charge in [-0.15, -0.1) is 0 Å². The molecule has 1 heterocycles. The molecule has 0 bridgehead atoms. The number of halogens is 2. The van der Waals surface area contributed by atoms with Crippen molar-refractivity contribution >= 4 is 23.2 Å². The van der Waals surface area contributed by atoms with Gasteiger partial charge >= 0.3 is 0 Å². The van der Waals surface area contributed by atoms with Gasteiger partial charge in [-0.05, 0) is 6.42 Å². The summed E-state index contributed by atoms with van der Waals surface area (Å²) in [5.74, 6) is 0. The second kappa shape index (κ2) is 3.08. The predicted molar refractivity (Wildman–Crippen MR) is 62.7 cm³/mol. The van der Waals surface area contributed by atoms with Gasteiger partial charge in [0, 0.05) is 10.8 Å². The first-order valence-electron chi connectivity index (χ1n) is 4.98. The van der Waals surface area contributed by atoms with Crippen LogP contribution in [0.3, 0.4) is 0 Å². The Kier molecular flexibility index (Phi) is 2.29. The Morgan fingerprint density at radius 3 is 1.53 bits per heavy atom. The first kappa shape index (κ1) is 11.2. The van der Waals surface area contributed by atoms with Crippen molar-refractivity contribution in [2.45, 2.75) is 44.9 Å². The van der Waals surface area contributed by atoms with Crippen LogP contribution in [0, 0.1) is 0 Å². The van der Waals surface area contributed by atoms with E-state index in [0.717, 1.165) is 17.8 Å². The molecular formula is C11H14Cl2N2. The molecule has 82 valence electrons. The Labute approximate surface area is 100 Å². The van der Waals surface area contributed by atoms with Crippen molar-refractivity contribution in [1.29, 1.82) is 0 Å². The molecule has 0 N–H and O–H groups in total. The molecule has 2 rings (SSSR count). The van der Waals surface area contributed by atoms with E-state index in [1.807, 2.05) is 0 Å². The largest absolute Gasteiger partial charge is 0.235 e. The van der Waals surface area contributed by atoms with E-state index in [9.17, 15) is 0 Å². The molecule has 0 saturated heterocycles. The number of aromatic nitrogens is 2. The number of nitrogens with zero attached hydrogens (tertiary/aromatic N) is 2. The lowest BCUT2D eigenvalue weighted by molar-refractivity contribution is 0.396. The molecular weight excluding hydrogens is 231 g/mol. The molecule has 15 heavy (non-hydrogen) atoms. The summed E-state index contributed by atoms with van der Waals surface area (Å²) in [6.07, 6.45) is 1.02. The van der Waals surface area contributed by atoms with E-state index in [1.54, 1.807) is 0 Å². The third-order valence-corrected chi connectivity index (χ3v) is 3.60. The van der Waals surface area contributed by atoms with E-state index in [4.69, 9.17) is 23.2 Å². The van der Waals surface area contributed by atoms with Gasteiger partial charge in [0.1, 0.15) is 0 Å². The van der Waals surface area contributed by atoms with Gasteiger partial charge < -0.3 is 0 Å². The van der Waals surface area contributed by atoms with Crippen LogP contribution in [0.15, 0.2) is 0 Å². The highest BCUT2D eigenvalue weighted by atomic mass is 35.5. The summed E-state index contributed by atoms with van der Waals surface area (Å²) in [5.41, 5.74) is 2.03. The average molecular weight is 245 g/mol. The van der Waals surface area contributed by atoms with Crippen LogP contribution < -0.4 is 0 Å². The van der Waals surface area contributed by atoms with E-state index in [0.29, 0.717) is 10.3 Å². The van der Waals surface area contributed by atoms with E-state index in [-0.39, 0.29) is 10.8 Å². The molecule has 0 amide bonds. The van der Waals surface area contributed by atoms with Crippen LogP contribution in [0.1, 0.15) is 45.5 Å². The smallest absolute Gasteiger partial charge is 0.166 e. The Morgan fingerprint density at radius 2 is 1.20 bits per heavy atom. The highest BCUT2D eigenvalue weighted by Gasteiger charge is 2.45. The maximum absolute atomic E-state index is 5.91. The van der Waals surface area contributed by atoms with Crippen molar-refractivity contribution in [3.63, 3.8) is 0 Å². The molecule has 0 radical (unpaired) electrons. The topological polar surface area (TPSA) is 25.8 Å². The minimum absolute atomic E-state index is 0.0278. The number of rotatable bonds is 0. The maximum atomic E-state index is 5.91. The van der Waals surface area contributed by atoms with E-state index in [2.05, 4.69) is 37.7 Å². The minimum Gasteiger partial charge on any atom is -0.235 e. The van der Waals surface area contributed by atoms with Crippen molar-refractivity contribution in [1.82, 2.24) is 9.97 Å². The van der Waals surface area contributed by atoms with Crippen LogP contribution in [0.5, 0.6) is 0 Å². The zero-order valence-electron chi connectivity index (χ0n) is 9.36. The first-order chi connectivity index (χ1) is 6.74. The van der Waals surface area contributed by atoms with Gasteiger partial charge in [0.2, 0.25) is 0 Å². The molecule has 0 spiro atoms. The summed E-state index contributed by atoms with van der Waals surface area (Å²) < 4.78 is 0. The van der Waals surface area contributed by atoms with E-state index in [1.165, 1.54) is 0 Å². The summed E-state index contributed by atoms with van der Waals surface area (Å²) in [5, 5.41) is 0.613. The monoisotopic (exact) mass is 244 g/mol. The quantitative estimate of drug-likeness (QED) is 0.695. The third-order valence-electron chi connectivity index (χ3n) is 2.98. The second-order valence-electron chi connectivity index (χ2n) is 5.45. The highest BCUT2D eigenvalue weighted by molar-refractivity contribution is 6.40. The van der Waals surface area contributed by atoms with Crippen molar-refractivity contribution in [3.05, 3.63) is 21.7 Å². The Hall–Kier alpha value is -0.340. The molecule has 0 aromatic carbocycles.